The van der Waals surface area contributed by atoms with E-state index in [2.05, 4.69) is 0 Å². The topological polar surface area (TPSA) is 0 Å². The second-order valence-electron chi connectivity index (χ2n) is 1.11. The summed E-state index contributed by atoms with van der Waals surface area (Å²) in [6, 6.07) is 0. The van der Waals surface area contributed by atoms with Gasteiger partial charge in [-0.1, -0.05) is 24.3 Å². The van der Waals surface area contributed by atoms with Gasteiger partial charge in [0.15, 0.2) is 0 Å². The molecule has 1 radical (unpaired) electrons. The van der Waals surface area contributed by atoms with Crippen LogP contribution in [0, 0.1) is 6.42 Å². The second kappa shape index (κ2) is 7.08. The quantitative estimate of drug-likeness (QED) is 0.594. The minimum absolute atomic E-state index is 1.66. The van der Waals surface area contributed by atoms with Crippen LogP contribution in [0.3, 0.4) is 0 Å². The number of hydrogen-bond donors (Lipinski definition) is 0. The van der Waals surface area contributed by atoms with E-state index in [1.807, 2.05) is 30.7 Å². The van der Waals surface area contributed by atoms with Crippen LogP contribution in [0.25, 0.3) is 0 Å². The molecule has 4 heteroatoms. The van der Waals surface area contributed by atoms with Gasteiger partial charge >= 0.3 is 42.1 Å². The van der Waals surface area contributed by atoms with Crippen molar-refractivity contribution in [2.45, 2.75) is 0 Å². The van der Waals surface area contributed by atoms with Crippen molar-refractivity contribution < 1.29 is 13.0 Å². The number of rotatable bonds is 0. The van der Waals surface area contributed by atoms with E-state index in [0.29, 0.717) is 0 Å². The van der Waals surface area contributed by atoms with Crippen LogP contribution in [0.2, 0.25) is 0 Å². The van der Waals surface area contributed by atoms with Gasteiger partial charge < -0.3 is 0 Å². The Morgan fingerprint density at radius 3 is 1.22 bits per heavy atom. The number of halogens is 3. The summed E-state index contributed by atoms with van der Waals surface area (Å²) >= 11 is -1.66. The molecule has 9 heavy (non-hydrogen) atoms. The molecule has 0 amide bonds. The minimum atomic E-state index is -1.66. The molecule has 0 aromatic heterocycles. The Labute approximate surface area is 72.5 Å². The van der Waals surface area contributed by atoms with E-state index in [1.165, 1.54) is 0 Å². The Bertz CT molecular complexity index is 96.0. The Kier molecular flexibility index (Phi) is 7.85. The summed E-state index contributed by atoms with van der Waals surface area (Å²) in [4.78, 5) is 0. The van der Waals surface area contributed by atoms with Gasteiger partial charge in [0, 0.05) is 6.42 Å². The molecule has 0 bridgehead atoms. The maximum absolute atomic E-state index is 4.94. The van der Waals surface area contributed by atoms with E-state index in [4.69, 9.17) is 29.1 Å². The Hall–Kier alpha value is 0.973. The summed E-state index contributed by atoms with van der Waals surface area (Å²) in [5.74, 6) is 0. The van der Waals surface area contributed by atoms with Gasteiger partial charge in [0.25, 0.3) is 0 Å². The van der Waals surface area contributed by atoms with Crippen molar-refractivity contribution in [2.24, 2.45) is 0 Å². The first kappa shape index (κ1) is 9.97. The Morgan fingerprint density at radius 1 is 0.778 bits per heavy atom. The molecule has 1 aliphatic rings. The van der Waals surface area contributed by atoms with Crippen LogP contribution in [-0.4, -0.2) is 0 Å². The second-order valence-corrected chi connectivity index (χ2v) is 8.57. The van der Waals surface area contributed by atoms with E-state index >= 15 is 0 Å². The van der Waals surface area contributed by atoms with E-state index < -0.39 is 13.0 Å². The van der Waals surface area contributed by atoms with Crippen LogP contribution in [0.4, 0.5) is 0 Å². The van der Waals surface area contributed by atoms with E-state index in [-0.39, 0.29) is 0 Å². The summed E-state index contributed by atoms with van der Waals surface area (Å²) in [6.07, 6.45) is 10.0. The molecule has 0 atom stereocenters. The zero-order chi connectivity index (χ0) is 7.11. The monoisotopic (exact) mass is 273 g/mol. The van der Waals surface area contributed by atoms with Gasteiger partial charge in [-0.2, -0.15) is 0 Å². The van der Waals surface area contributed by atoms with E-state index in [9.17, 15) is 0 Å². The van der Waals surface area contributed by atoms with Crippen molar-refractivity contribution in [2.75, 3.05) is 0 Å². The van der Waals surface area contributed by atoms with Crippen LogP contribution in [0.1, 0.15) is 0 Å². The van der Waals surface area contributed by atoms with Crippen LogP contribution >= 0.6 is 29.1 Å². The van der Waals surface area contributed by atoms with Crippen molar-refractivity contribution >= 4 is 29.1 Å². The van der Waals surface area contributed by atoms with E-state index in [0.717, 1.165) is 0 Å². The predicted molar refractivity (Wildman–Crippen MR) is 40.1 cm³/mol. The molecule has 1 aliphatic carbocycles. The third-order valence-electron chi connectivity index (χ3n) is 0.556. The maximum atomic E-state index is 4.94. The fourth-order valence-electron chi connectivity index (χ4n) is 0.321. The molecule has 0 N–H and O–H groups in total. The van der Waals surface area contributed by atoms with Crippen molar-refractivity contribution in [3.8, 4) is 0 Å². The molecule has 0 unspecified atom stereocenters. The number of hydrogen-bond acceptors (Lipinski definition) is 0. The molecule has 0 aromatic carbocycles. The van der Waals surface area contributed by atoms with Gasteiger partial charge in [0.1, 0.15) is 0 Å². The number of allylic oxidation sites excluding steroid dienone is 4. The summed E-state index contributed by atoms with van der Waals surface area (Å²) in [7, 11) is 14.8. The van der Waals surface area contributed by atoms with Crippen molar-refractivity contribution in [1.82, 2.24) is 0 Å². The molecule has 0 saturated carbocycles. The Balaban J connectivity index is 0.000000148. The van der Waals surface area contributed by atoms with Crippen molar-refractivity contribution in [3.63, 3.8) is 0 Å². The zero-order valence-corrected chi connectivity index (χ0v) is 8.26. The van der Waals surface area contributed by atoms with Crippen molar-refractivity contribution in [1.29, 1.82) is 0 Å². The Morgan fingerprint density at radius 2 is 1.11 bits per heavy atom. The molecular weight excluding hydrogens is 269 g/mol. The molecular formula is C5H5Cl3Rh. The first-order chi connectivity index (χ1) is 4.23. The molecule has 0 aliphatic heterocycles. The molecule has 1 rings (SSSR count). The van der Waals surface area contributed by atoms with Gasteiger partial charge in [-0.3, -0.25) is 0 Å². The fourth-order valence-corrected chi connectivity index (χ4v) is 0.321. The van der Waals surface area contributed by atoms with Gasteiger partial charge in [-0.05, 0) is 0 Å². The van der Waals surface area contributed by atoms with Crippen LogP contribution < -0.4 is 0 Å². The molecule has 0 aromatic rings. The first-order valence-corrected chi connectivity index (χ1v) is 8.37. The van der Waals surface area contributed by atoms with Crippen LogP contribution in [0.15, 0.2) is 24.3 Å². The molecule has 0 nitrogen and oxygen atoms in total. The summed E-state index contributed by atoms with van der Waals surface area (Å²) in [5.41, 5.74) is 0. The van der Waals surface area contributed by atoms with Crippen molar-refractivity contribution in [3.05, 3.63) is 30.7 Å². The fraction of sp³-hybridized carbons (Fsp3) is 0. The van der Waals surface area contributed by atoms with Gasteiger partial charge in [-0.25, -0.2) is 0 Å². The molecule has 55 valence electrons. The van der Waals surface area contributed by atoms with Gasteiger partial charge in [-0.15, -0.1) is 0 Å². The SMILES string of the molecule is [CH]1C=CC=C1.[Cl][Rh]([Cl])[Cl]. The molecule has 0 fully saturated rings. The van der Waals surface area contributed by atoms with E-state index in [1.54, 1.807) is 0 Å². The summed E-state index contributed by atoms with van der Waals surface area (Å²) in [5, 5.41) is 0. The van der Waals surface area contributed by atoms with Crippen LogP contribution in [0.5, 0.6) is 0 Å². The average molecular weight is 274 g/mol. The normalized spacial score (nSPS) is 14.8. The van der Waals surface area contributed by atoms with Gasteiger partial charge in [0.2, 0.25) is 0 Å². The molecule has 0 saturated heterocycles. The average Bonchev–Trinajstić information content (AvgIpc) is 2.11. The standard InChI is InChI=1S/C5H5.3ClH.Rh/c1-2-4-5-3-1;;;;/h1-5H;3*1H;/q;;;;+3/p-3. The third-order valence-corrected chi connectivity index (χ3v) is 0.556. The molecule has 0 heterocycles. The summed E-state index contributed by atoms with van der Waals surface area (Å²) < 4.78 is 0. The first-order valence-electron chi connectivity index (χ1n) is 2.04. The molecule has 0 spiro atoms. The third kappa shape index (κ3) is 12.2. The zero-order valence-electron chi connectivity index (χ0n) is 4.35. The van der Waals surface area contributed by atoms with Crippen LogP contribution in [-0.2, 0) is 13.0 Å². The summed E-state index contributed by atoms with van der Waals surface area (Å²) in [6.45, 7) is 0. The predicted octanol–water partition coefficient (Wildman–Crippen LogP) is 3.38. The van der Waals surface area contributed by atoms with Gasteiger partial charge in [0.05, 0.1) is 0 Å².